The molecule has 3 heterocycles. The average Bonchev–Trinajstić information content (AvgIpc) is 3.32. The zero-order valence-corrected chi connectivity index (χ0v) is 23.5. The molecule has 3 aromatic heterocycles. The van der Waals surface area contributed by atoms with E-state index >= 15 is 0 Å². The van der Waals surface area contributed by atoms with E-state index in [4.69, 9.17) is 20.2 Å². The predicted octanol–water partition coefficient (Wildman–Crippen LogP) is 4.74. The standard InChI is InChI=1S/C28H36N8O3/c1-18-9-8-12-36-23(17-31-25(18)36)20-10-11-30-26(32-20)33-21-15-19(29)22(16-24(21)38-7)34(5)13-14-35(6)27(37)39-28(2,3)4/h8-12,15-17H,13-14,29H2,1-7H3,(H,30,32,33). The fourth-order valence-electron chi connectivity index (χ4n) is 4.06. The molecule has 0 aliphatic carbocycles. The molecule has 0 saturated heterocycles. The number of pyridine rings is 1. The lowest BCUT2D eigenvalue weighted by atomic mass is 10.2. The Morgan fingerprint density at radius 3 is 2.64 bits per heavy atom. The number of methoxy groups -OCH3 is 1. The van der Waals surface area contributed by atoms with Crippen molar-refractivity contribution in [1.29, 1.82) is 0 Å². The minimum Gasteiger partial charge on any atom is -0.494 e. The van der Waals surface area contributed by atoms with Crippen LogP contribution in [0.25, 0.3) is 17.0 Å². The van der Waals surface area contributed by atoms with Gasteiger partial charge in [-0.2, -0.15) is 0 Å². The molecule has 0 bridgehead atoms. The van der Waals surface area contributed by atoms with Crippen LogP contribution in [0.2, 0.25) is 0 Å². The van der Waals surface area contributed by atoms with Crippen molar-refractivity contribution in [3.63, 3.8) is 0 Å². The van der Waals surface area contributed by atoms with Gasteiger partial charge in [-0.25, -0.2) is 19.7 Å². The number of aromatic nitrogens is 4. The van der Waals surface area contributed by atoms with Gasteiger partial charge in [-0.05, 0) is 51.5 Å². The van der Waals surface area contributed by atoms with Crippen molar-refractivity contribution >= 4 is 34.8 Å². The summed E-state index contributed by atoms with van der Waals surface area (Å²) in [6.45, 7) is 8.55. The molecule has 0 unspecified atom stereocenters. The van der Waals surface area contributed by atoms with Crippen LogP contribution in [-0.4, -0.2) is 70.2 Å². The molecule has 0 spiro atoms. The first-order valence-corrected chi connectivity index (χ1v) is 12.6. The number of amides is 1. The lowest BCUT2D eigenvalue weighted by molar-refractivity contribution is 0.0303. The fraction of sp³-hybridized carbons (Fsp3) is 0.357. The van der Waals surface area contributed by atoms with Gasteiger partial charge in [0.2, 0.25) is 5.95 Å². The highest BCUT2D eigenvalue weighted by atomic mass is 16.6. The third-order valence-electron chi connectivity index (χ3n) is 6.13. The molecular formula is C28H36N8O3. The molecule has 11 heteroatoms. The SMILES string of the molecule is COc1cc(N(C)CCN(C)C(=O)OC(C)(C)C)c(N)cc1Nc1nccc(-c2cnc3c(C)cccn23)n1. The molecule has 11 nitrogen and oxygen atoms in total. The summed E-state index contributed by atoms with van der Waals surface area (Å²) in [5.74, 6) is 0.971. The van der Waals surface area contributed by atoms with Gasteiger partial charge in [-0.3, -0.25) is 4.40 Å². The summed E-state index contributed by atoms with van der Waals surface area (Å²) in [5.41, 5.74) is 11.4. The molecule has 0 atom stereocenters. The maximum absolute atomic E-state index is 12.3. The van der Waals surface area contributed by atoms with Crippen molar-refractivity contribution in [3.05, 3.63) is 54.5 Å². The fourth-order valence-corrected chi connectivity index (χ4v) is 4.06. The Balaban J connectivity index is 1.51. The zero-order chi connectivity index (χ0) is 28.3. The summed E-state index contributed by atoms with van der Waals surface area (Å²) in [5, 5.41) is 3.23. The number of nitrogens with zero attached hydrogens (tertiary/aromatic N) is 6. The van der Waals surface area contributed by atoms with Gasteiger partial charge in [0.05, 0.1) is 41.8 Å². The van der Waals surface area contributed by atoms with Gasteiger partial charge in [0.25, 0.3) is 0 Å². The second-order valence-electron chi connectivity index (χ2n) is 10.4. The normalized spacial score (nSPS) is 11.4. The Morgan fingerprint density at radius 1 is 1.15 bits per heavy atom. The van der Waals surface area contributed by atoms with Crippen molar-refractivity contribution in [2.45, 2.75) is 33.3 Å². The Labute approximate surface area is 228 Å². The van der Waals surface area contributed by atoms with E-state index in [1.807, 2.05) is 74.5 Å². The van der Waals surface area contributed by atoms with Gasteiger partial charge in [0.1, 0.15) is 17.0 Å². The van der Waals surface area contributed by atoms with Gasteiger partial charge in [-0.15, -0.1) is 0 Å². The van der Waals surface area contributed by atoms with Crippen LogP contribution >= 0.6 is 0 Å². The number of nitrogens with two attached hydrogens (primary N) is 1. The molecule has 4 rings (SSSR count). The van der Waals surface area contributed by atoms with Gasteiger partial charge in [0.15, 0.2) is 0 Å². The molecule has 0 fully saturated rings. The number of anilines is 4. The van der Waals surface area contributed by atoms with Crippen molar-refractivity contribution in [2.24, 2.45) is 0 Å². The van der Waals surface area contributed by atoms with Crippen molar-refractivity contribution in [2.75, 3.05) is 50.2 Å². The van der Waals surface area contributed by atoms with Crippen LogP contribution < -0.4 is 20.7 Å². The van der Waals surface area contributed by atoms with Crippen LogP contribution in [0.1, 0.15) is 26.3 Å². The van der Waals surface area contributed by atoms with Crippen molar-refractivity contribution in [1.82, 2.24) is 24.3 Å². The first-order valence-electron chi connectivity index (χ1n) is 12.6. The van der Waals surface area contributed by atoms with E-state index in [0.29, 0.717) is 36.2 Å². The number of imidazole rings is 1. The maximum Gasteiger partial charge on any atom is 0.410 e. The van der Waals surface area contributed by atoms with E-state index in [1.54, 1.807) is 37.5 Å². The van der Waals surface area contributed by atoms with Crippen LogP contribution in [0.4, 0.5) is 27.8 Å². The molecule has 39 heavy (non-hydrogen) atoms. The highest BCUT2D eigenvalue weighted by Crippen LogP contribution is 2.36. The van der Waals surface area contributed by atoms with E-state index in [2.05, 4.69) is 15.3 Å². The first kappa shape index (κ1) is 27.5. The number of benzene rings is 1. The molecular weight excluding hydrogens is 496 g/mol. The number of likely N-dealkylation sites (N-methyl/N-ethyl adjacent to an activating group) is 2. The number of ether oxygens (including phenoxy) is 2. The topological polar surface area (TPSA) is 123 Å². The monoisotopic (exact) mass is 532 g/mol. The number of aryl methyl sites for hydroxylation is 1. The van der Waals surface area contributed by atoms with Gasteiger partial charge < -0.3 is 30.3 Å². The summed E-state index contributed by atoms with van der Waals surface area (Å²) in [6.07, 6.45) is 5.09. The van der Waals surface area contributed by atoms with Crippen molar-refractivity contribution in [3.8, 4) is 17.1 Å². The van der Waals surface area contributed by atoms with Crippen LogP contribution in [0.3, 0.4) is 0 Å². The predicted molar refractivity (Wildman–Crippen MR) is 154 cm³/mol. The van der Waals surface area contributed by atoms with Crippen LogP contribution in [0, 0.1) is 6.92 Å². The number of hydrogen-bond acceptors (Lipinski definition) is 9. The van der Waals surface area contributed by atoms with Gasteiger partial charge >= 0.3 is 6.09 Å². The quantitative estimate of drug-likeness (QED) is 0.310. The third-order valence-corrected chi connectivity index (χ3v) is 6.13. The van der Waals surface area contributed by atoms with E-state index in [-0.39, 0.29) is 6.09 Å². The summed E-state index contributed by atoms with van der Waals surface area (Å²) >= 11 is 0. The Morgan fingerprint density at radius 2 is 1.92 bits per heavy atom. The second kappa shape index (κ2) is 11.1. The van der Waals surface area contributed by atoms with Crippen molar-refractivity contribution < 1.29 is 14.3 Å². The molecule has 3 N–H and O–H groups in total. The molecule has 0 aliphatic rings. The lowest BCUT2D eigenvalue weighted by Gasteiger charge is -2.28. The third kappa shape index (κ3) is 6.31. The summed E-state index contributed by atoms with van der Waals surface area (Å²) in [7, 11) is 5.21. The molecule has 1 aromatic carbocycles. The average molecular weight is 533 g/mol. The Kier molecular flexibility index (Phi) is 7.80. The van der Waals surface area contributed by atoms with Gasteiger partial charge in [-0.1, -0.05) is 6.07 Å². The summed E-state index contributed by atoms with van der Waals surface area (Å²) in [4.78, 5) is 29.4. The number of rotatable bonds is 8. The number of carbonyl (C=O) groups is 1. The first-order chi connectivity index (χ1) is 18.5. The molecule has 0 aliphatic heterocycles. The largest absolute Gasteiger partial charge is 0.494 e. The number of carbonyl (C=O) groups excluding carboxylic acids is 1. The Hall–Kier alpha value is -4.54. The van der Waals surface area contributed by atoms with E-state index in [1.165, 1.54) is 0 Å². The Bertz CT molecular complexity index is 1480. The molecule has 0 saturated carbocycles. The summed E-state index contributed by atoms with van der Waals surface area (Å²) < 4.78 is 13.1. The molecule has 4 aromatic rings. The number of hydrogen-bond donors (Lipinski definition) is 2. The number of fused-ring (bicyclic) bond motifs is 1. The van der Waals surface area contributed by atoms with E-state index in [9.17, 15) is 4.79 Å². The lowest BCUT2D eigenvalue weighted by Crippen LogP contribution is -2.38. The minimum atomic E-state index is -0.549. The highest BCUT2D eigenvalue weighted by molar-refractivity contribution is 5.79. The number of nitrogen functional groups attached to an aromatic ring is 1. The molecule has 206 valence electrons. The summed E-state index contributed by atoms with van der Waals surface area (Å²) in [6, 6.07) is 9.48. The van der Waals surface area contributed by atoms with Crippen LogP contribution in [0.5, 0.6) is 5.75 Å². The van der Waals surface area contributed by atoms with E-state index in [0.717, 1.165) is 28.3 Å². The van der Waals surface area contributed by atoms with Crippen LogP contribution in [0.15, 0.2) is 48.9 Å². The zero-order valence-electron chi connectivity index (χ0n) is 23.5. The maximum atomic E-state index is 12.3. The van der Waals surface area contributed by atoms with E-state index < -0.39 is 5.60 Å². The van der Waals surface area contributed by atoms with Gasteiger partial charge in [0, 0.05) is 45.6 Å². The second-order valence-corrected chi connectivity index (χ2v) is 10.4. The smallest absolute Gasteiger partial charge is 0.410 e. The number of nitrogens with one attached hydrogen (secondary N) is 1. The molecule has 0 radical (unpaired) electrons. The molecule has 1 amide bonds. The van der Waals surface area contributed by atoms with Crippen LogP contribution in [-0.2, 0) is 4.74 Å². The highest BCUT2D eigenvalue weighted by Gasteiger charge is 2.20. The minimum absolute atomic E-state index is 0.373.